The third-order valence-corrected chi connectivity index (χ3v) is 3.86. The average molecular weight is 311 g/mol. The third kappa shape index (κ3) is 2.38. The van der Waals surface area contributed by atoms with E-state index < -0.39 is 0 Å². The zero-order chi connectivity index (χ0) is 15.5. The van der Waals surface area contributed by atoms with Gasteiger partial charge in [-0.25, -0.2) is 10.4 Å². The van der Waals surface area contributed by atoms with Gasteiger partial charge >= 0.3 is 0 Å². The van der Waals surface area contributed by atoms with Crippen molar-refractivity contribution in [1.29, 1.82) is 0 Å². The number of hydrazine groups is 1. The Bertz CT molecular complexity index is 763. The van der Waals surface area contributed by atoms with Crippen LogP contribution in [0.4, 0.5) is 0 Å². The van der Waals surface area contributed by atoms with Gasteiger partial charge in [-0.1, -0.05) is 24.3 Å². The van der Waals surface area contributed by atoms with Gasteiger partial charge in [-0.15, -0.1) is 11.3 Å². The van der Waals surface area contributed by atoms with Crippen LogP contribution in [0.1, 0.15) is 20.7 Å². The topological polar surface area (TPSA) is 62.3 Å². The Morgan fingerprint density at radius 2 is 1.68 bits per heavy atom. The number of nitrogens with one attached hydrogen (secondary N) is 1. The number of hydrogen-bond acceptors (Lipinski definition) is 5. The van der Waals surface area contributed by atoms with Crippen LogP contribution in [0.3, 0.4) is 0 Å². The maximum absolute atomic E-state index is 12.1. The molecule has 0 aliphatic carbocycles. The Morgan fingerprint density at radius 1 is 1.05 bits per heavy atom. The van der Waals surface area contributed by atoms with Crippen LogP contribution < -0.4 is 5.43 Å². The summed E-state index contributed by atoms with van der Waals surface area (Å²) in [6.45, 7) is 0. The second-order valence-electron chi connectivity index (χ2n) is 4.55. The number of rotatable bonds is 1. The van der Waals surface area contributed by atoms with E-state index >= 15 is 0 Å². The van der Waals surface area contributed by atoms with E-state index in [1.807, 2.05) is 29.6 Å². The highest BCUT2D eigenvalue weighted by Crippen LogP contribution is 2.28. The normalized spacial score (nSPS) is 13.0. The number of carbonyl (C=O) groups is 2. The van der Waals surface area contributed by atoms with E-state index in [9.17, 15) is 9.59 Å². The molecule has 0 spiro atoms. The summed E-state index contributed by atoms with van der Waals surface area (Å²) in [5, 5.41) is 4.63. The van der Waals surface area contributed by atoms with Crippen molar-refractivity contribution in [2.24, 2.45) is 0 Å². The molecular formula is C16H13N3O2S. The predicted molar refractivity (Wildman–Crippen MR) is 85.6 cm³/mol. The van der Waals surface area contributed by atoms with Crippen LogP contribution in [0.15, 0.2) is 53.5 Å². The molecule has 0 radical (unpaired) electrons. The number of nitrogens with zero attached hydrogens (tertiary/aromatic N) is 2. The van der Waals surface area contributed by atoms with Gasteiger partial charge in [0, 0.05) is 24.0 Å². The molecule has 1 N–H and O–H groups in total. The fraction of sp³-hybridized carbons (Fsp3) is 0.0625. The molecule has 6 heteroatoms. The molecule has 0 bridgehead atoms. The van der Waals surface area contributed by atoms with Crippen LogP contribution >= 0.6 is 11.3 Å². The minimum atomic E-state index is -0.304. The largest absolute Gasteiger partial charge is 0.275 e. The summed E-state index contributed by atoms with van der Waals surface area (Å²) in [4.78, 5) is 27.9. The van der Waals surface area contributed by atoms with Crippen LogP contribution in [-0.4, -0.2) is 28.9 Å². The quantitative estimate of drug-likeness (QED) is 0.702. The second-order valence-corrected chi connectivity index (χ2v) is 5.31. The Hall–Kier alpha value is -2.57. The Kier molecular flexibility index (Phi) is 3.95. The smallest absolute Gasteiger partial charge is 0.267 e. The van der Waals surface area contributed by atoms with Gasteiger partial charge in [-0.3, -0.25) is 14.6 Å². The number of carbonyl (C=O) groups excluding carboxylic acids is 2. The molecular weight excluding hydrogens is 298 g/mol. The number of aromatic nitrogens is 1. The van der Waals surface area contributed by atoms with Crippen molar-refractivity contribution >= 4 is 33.9 Å². The van der Waals surface area contributed by atoms with Crippen LogP contribution in [0.5, 0.6) is 0 Å². The van der Waals surface area contributed by atoms with E-state index in [1.54, 1.807) is 42.2 Å². The summed E-state index contributed by atoms with van der Waals surface area (Å²) >= 11 is 1.60. The van der Waals surface area contributed by atoms with E-state index in [0.717, 1.165) is 15.8 Å². The maximum Gasteiger partial charge on any atom is 0.275 e. The van der Waals surface area contributed by atoms with Crippen molar-refractivity contribution in [2.75, 3.05) is 7.05 Å². The molecule has 5 nitrogen and oxygen atoms in total. The van der Waals surface area contributed by atoms with Crippen LogP contribution in [0.2, 0.25) is 0 Å². The van der Waals surface area contributed by atoms with Gasteiger partial charge in [0.25, 0.3) is 11.8 Å². The van der Waals surface area contributed by atoms with Crippen molar-refractivity contribution in [1.82, 2.24) is 15.4 Å². The van der Waals surface area contributed by atoms with E-state index in [4.69, 9.17) is 0 Å². The highest BCUT2D eigenvalue weighted by Gasteiger charge is 2.31. The van der Waals surface area contributed by atoms with E-state index in [1.165, 1.54) is 0 Å². The molecule has 3 aromatic rings. The number of benzene rings is 2. The number of amides is 2. The summed E-state index contributed by atoms with van der Waals surface area (Å²) < 4.78 is 0. The molecule has 0 saturated heterocycles. The summed E-state index contributed by atoms with van der Waals surface area (Å²) in [6, 6.07) is 10.9. The lowest BCUT2D eigenvalue weighted by molar-refractivity contribution is 0.0540. The number of imide groups is 1. The predicted octanol–water partition coefficient (Wildman–Crippen LogP) is 2.71. The van der Waals surface area contributed by atoms with Crippen molar-refractivity contribution in [3.05, 3.63) is 64.6 Å². The van der Waals surface area contributed by atoms with Crippen molar-refractivity contribution in [3.8, 4) is 0 Å². The molecule has 1 aromatic heterocycles. The first-order chi connectivity index (χ1) is 10.7. The fourth-order valence-electron chi connectivity index (χ4n) is 2.41. The van der Waals surface area contributed by atoms with Gasteiger partial charge in [0.15, 0.2) is 0 Å². The van der Waals surface area contributed by atoms with Crippen LogP contribution in [0.25, 0.3) is 10.8 Å². The molecule has 2 aromatic carbocycles. The molecule has 4 rings (SSSR count). The average Bonchev–Trinajstić information content (AvgIpc) is 3.13. The first kappa shape index (κ1) is 14.4. The second kappa shape index (κ2) is 6.05. The first-order valence-corrected chi connectivity index (χ1v) is 7.58. The van der Waals surface area contributed by atoms with E-state index in [-0.39, 0.29) is 11.8 Å². The standard InChI is InChI=1S/C13H10N2O2.C3H3NS/c1-14-15-12(16)9-6-2-4-8-5-3-7-10(11(8)9)13(15)17;1-2-5-3-4-1/h2-7,14H,1H3;1-3H. The molecule has 22 heavy (non-hydrogen) atoms. The lowest BCUT2D eigenvalue weighted by atomic mass is 9.95. The minimum absolute atomic E-state index is 0.304. The summed E-state index contributed by atoms with van der Waals surface area (Å²) in [5.74, 6) is -0.608. The Morgan fingerprint density at radius 3 is 2.09 bits per heavy atom. The molecule has 1 aliphatic rings. The molecule has 0 saturated carbocycles. The Balaban J connectivity index is 0.000000246. The molecule has 0 fully saturated rings. The first-order valence-electron chi connectivity index (χ1n) is 6.64. The molecule has 2 amide bonds. The molecule has 110 valence electrons. The zero-order valence-corrected chi connectivity index (χ0v) is 12.6. The summed E-state index contributed by atoms with van der Waals surface area (Å²) in [5.41, 5.74) is 5.54. The van der Waals surface area contributed by atoms with Crippen molar-refractivity contribution < 1.29 is 9.59 Å². The third-order valence-electron chi connectivity index (χ3n) is 3.34. The Labute approximate surface area is 131 Å². The van der Waals surface area contributed by atoms with Crippen LogP contribution in [-0.2, 0) is 0 Å². The maximum atomic E-state index is 12.1. The van der Waals surface area contributed by atoms with Gasteiger partial charge in [0.05, 0.1) is 16.6 Å². The van der Waals surface area contributed by atoms with Crippen LogP contribution in [0, 0.1) is 0 Å². The molecule has 0 atom stereocenters. The summed E-state index contributed by atoms with van der Waals surface area (Å²) in [6.07, 6.45) is 1.77. The van der Waals surface area contributed by atoms with E-state index in [0.29, 0.717) is 11.1 Å². The molecule has 2 heterocycles. The van der Waals surface area contributed by atoms with Gasteiger partial charge in [-0.2, -0.15) is 0 Å². The molecule has 1 aliphatic heterocycles. The fourth-order valence-corrected chi connectivity index (χ4v) is 2.76. The van der Waals surface area contributed by atoms with Gasteiger partial charge in [-0.05, 0) is 17.5 Å². The minimum Gasteiger partial charge on any atom is -0.267 e. The van der Waals surface area contributed by atoms with Gasteiger partial charge < -0.3 is 0 Å². The lowest BCUT2D eigenvalue weighted by Crippen LogP contribution is -2.47. The van der Waals surface area contributed by atoms with E-state index in [2.05, 4.69) is 10.4 Å². The summed E-state index contributed by atoms with van der Waals surface area (Å²) in [7, 11) is 1.56. The van der Waals surface area contributed by atoms with Crippen molar-refractivity contribution in [2.45, 2.75) is 0 Å². The molecule has 0 unspecified atom stereocenters. The highest BCUT2D eigenvalue weighted by atomic mass is 32.1. The zero-order valence-electron chi connectivity index (χ0n) is 11.8. The van der Waals surface area contributed by atoms with Gasteiger partial charge in [0.2, 0.25) is 0 Å². The monoisotopic (exact) mass is 311 g/mol. The van der Waals surface area contributed by atoms with Gasteiger partial charge in [0.1, 0.15) is 0 Å². The number of thiazole rings is 1. The van der Waals surface area contributed by atoms with Crippen molar-refractivity contribution in [3.63, 3.8) is 0 Å². The lowest BCUT2D eigenvalue weighted by Gasteiger charge is -2.25. The highest BCUT2D eigenvalue weighted by molar-refractivity contribution is 7.07. The number of hydrogen-bond donors (Lipinski definition) is 1. The SMILES string of the molecule is CNN1C(=O)c2cccc3cccc(c23)C1=O.c1cscn1.